The first-order valence-corrected chi connectivity index (χ1v) is 5.13. The number of hydrogen-bond acceptors (Lipinski definition) is 3. The predicted molar refractivity (Wildman–Crippen MR) is 68.7 cm³/mol. The molecule has 0 amide bonds. The van der Waals surface area contributed by atoms with Crippen LogP contribution in [0.5, 0.6) is 5.75 Å². The summed E-state index contributed by atoms with van der Waals surface area (Å²) >= 11 is 5.70. The number of halogens is 1. The molecule has 0 aliphatic carbocycles. The molecule has 0 radical (unpaired) electrons. The highest BCUT2D eigenvalue weighted by atomic mass is 35.5. The van der Waals surface area contributed by atoms with Crippen molar-refractivity contribution in [2.24, 2.45) is 4.99 Å². The molecule has 0 bridgehead atoms. The second-order valence-corrected chi connectivity index (χ2v) is 3.88. The lowest BCUT2D eigenvalue weighted by atomic mass is 10.1. The van der Waals surface area contributed by atoms with E-state index in [-0.39, 0.29) is 5.75 Å². The molecular weight excluding hydrogens is 224 g/mol. The first-order valence-electron chi connectivity index (χ1n) is 4.75. The summed E-state index contributed by atoms with van der Waals surface area (Å²) in [5.74, 6) is 0.00381. The van der Waals surface area contributed by atoms with Crippen molar-refractivity contribution in [3.63, 3.8) is 0 Å². The fourth-order valence-electron chi connectivity index (χ4n) is 1.09. The Balaban J connectivity index is 3.14. The number of allylic oxidation sites excluding steroid dienone is 1. The number of rotatable bonds is 3. The van der Waals surface area contributed by atoms with E-state index in [1.54, 1.807) is 18.3 Å². The van der Waals surface area contributed by atoms with Crippen molar-refractivity contribution in [3.05, 3.63) is 35.0 Å². The average Bonchev–Trinajstić information content (AvgIpc) is 2.23. The van der Waals surface area contributed by atoms with Crippen LogP contribution in [0, 0.1) is 5.41 Å². The molecule has 84 valence electrons. The van der Waals surface area contributed by atoms with Gasteiger partial charge in [-0.3, -0.25) is 4.99 Å². The predicted octanol–water partition coefficient (Wildman–Crippen LogP) is 3.52. The zero-order valence-electron chi connectivity index (χ0n) is 9.16. The number of aliphatic imine (C=N–C) groups is 1. The van der Waals surface area contributed by atoms with Gasteiger partial charge in [0.1, 0.15) is 5.75 Å². The van der Waals surface area contributed by atoms with Crippen LogP contribution in [0.3, 0.4) is 0 Å². The lowest BCUT2D eigenvalue weighted by molar-refractivity contribution is 0.475. The van der Waals surface area contributed by atoms with E-state index in [0.717, 1.165) is 5.71 Å². The standard InChI is InChI=1S/C12H13ClN2O/c1-8(2)15-7-10(6-14)9-3-4-11(13)12(16)5-9/h3-7,14,16H,1-2H3/b10-7+,14-6?. The molecule has 0 spiro atoms. The molecule has 0 heterocycles. The van der Waals surface area contributed by atoms with Gasteiger partial charge in [0.2, 0.25) is 0 Å². The smallest absolute Gasteiger partial charge is 0.134 e. The van der Waals surface area contributed by atoms with Crippen LogP contribution in [0.4, 0.5) is 0 Å². The molecule has 0 fully saturated rings. The molecule has 0 saturated heterocycles. The monoisotopic (exact) mass is 236 g/mol. The van der Waals surface area contributed by atoms with Crippen LogP contribution in [0.1, 0.15) is 19.4 Å². The highest BCUT2D eigenvalue weighted by Crippen LogP contribution is 2.26. The molecule has 2 N–H and O–H groups in total. The minimum Gasteiger partial charge on any atom is -0.506 e. The molecule has 1 aromatic rings. The topological polar surface area (TPSA) is 56.4 Å². The van der Waals surface area contributed by atoms with Gasteiger partial charge in [-0.15, -0.1) is 0 Å². The second kappa shape index (κ2) is 5.47. The van der Waals surface area contributed by atoms with E-state index in [4.69, 9.17) is 17.0 Å². The molecule has 0 atom stereocenters. The molecule has 0 aromatic heterocycles. The third-order valence-corrected chi connectivity index (χ3v) is 2.22. The summed E-state index contributed by atoms with van der Waals surface area (Å²) < 4.78 is 0. The van der Waals surface area contributed by atoms with Crippen molar-refractivity contribution in [1.82, 2.24) is 0 Å². The van der Waals surface area contributed by atoms with Gasteiger partial charge in [0.05, 0.1) is 5.02 Å². The van der Waals surface area contributed by atoms with Crippen molar-refractivity contribution in [1.29, 1.82) is 5.41 Å². The van der Waals surface area contributed by atoms with Gasteiger partial charge in [0, 0.05) is 23.7 Å². The van der Waals surface area contributed by atoms with Gasteiger partial charge < -0.3 is 10.5 Å². The van der Waals surface area contributed by atoms with Gasteiger partial charge in [0.15, 0.2) is 0 Å². The minimum absolute atomic E-state index is 0.00381. The Hall–Kier alpha value is -1.61. The van der Waals surface area contributed by atoms with Crippen molar-refractivity contribution in [2.45, 2.75) is 13.8 Å². The van der Waals surface area contributed by atoms with Gasteiger partial charge in [-0.2, -0.15) is 0 Å². The highest BCUT2D eigenvalue weighted by molar-refractivity contribution is 6.32. The third kappa shape index (κ3) is 3.21. The Morgan fingerprint density at radius 1 is 1.44 bits per heavy atom. The van der Waals surface area contributed by atoms with Crippen molar-refractivity contribution >= 4 is 29.1 Å². The maximum atomic E-state index is 9.45. The number of benzene rings is 1. The van der Waals surface area contributed by atoms with Crippen LogP contribution < -0.4 is 0 Å². The van der Waals surface area contributed by atoms with Gasteiger partial charge in [-0.05, 0) is 31.5 Å². The van der Waals surface area contributed by atoms with E-state index in [0.29, 0.717) is 16.2 Å². The number of phenolic OH excluding ortho intramolecular Hbond substituents is 1. The largest absolute Gasteiger partial charge is 0.506 e. The lowest BCUT2D eigenvalue weighted by Gasteiger charge is -2.02. The summed E-state index contributed by atoms with van der Waals surface area (Å²) in [6.45, 7) is 3.74. The molecule has 3 nitrogen and oxygen atoms in total. The van der Waals surface area contributed by atoms with Gasteiger partial charge in [-0.25, -0.2) is 0 Å². The molecule has 16 heavy (non-hydrogen) atoms. The third-order valence-electron chi connectivity index (χ3n) is 1.90. The first-order chi connectivity index (χ1) is 7.54. The number of hydrogen-bond donors (Lipinski definition) is 2. The normalized spacial score (nSPS) is 11.1. The Labute approximate surface area is 99.6 Å². The fraction of sp³-hybridized carbons (Fsp3) is 0.167. The molecule has 0 aliphatic heterocycles. The van der Waals surface area contributed by atoms with E-state index in [9.17, 15) is 5.11 Å². The van der Waals surface area contributed by atoms with Crippen molar-refractivity contribution < 1.29 is 5.11 Å². The van der Waals surface area contributed by atoms with Crippen molar-refractivity contribution in [2.75, 3.05) is 0 Å². The van der Waals surface area contributed by atoms with Crippen LogP contribution in [0.15, 0.2) is 29.4 Å². The van der Waals surface area contributed by atoms with Crippen LogP contribution in [-0.4, -0.2) is 17.0 Å². The number of nitrogens with one attached hydrogen (secondary N) is 1. The van der Waals surface area contributed by atoms with Gasteiger partial charge in [0.25, 0.3) is 0 Å². The molecule has 4 heteroatoms. The van der Waals surface area contributed by atoms with Crippen LogP contribution in [-0.2, 0) is 0 Å². The van der Waals surface area contributed by atoms with Crippen LogP contribution in [0.2, 0.25) is 5.02 Å². The zero-order chi connectivity index (χ0) is 12.1. The SMILES string of the molecule is CC(C)=N/C=C(\C=N)c1ccc(Cl)c(O)c1. The average molecular weight is 237 g/mol. The fourth-order valence-corrected chi connectivity index (χ4v) is 1.20. The quantitative estimate of drug-likeness (QED) is 0.776. The Morgan fingerprint density at radius 2 is 2.12 bits per heavy atom. The Bertz CT molecular complexity index is 460. The molecule has 0 saturated carbocycles. The van der Waals surface area contributed by atoms with E-state index >= 15 is 0 Å². The van der Waals surface area contributed by atoms with Gasteiger partial charge >= 0.3 is 0 Å². The minimum atomic E-state index is 0.00381. The van der Waals surface area contributed by atoms with Crippen molar-refractivity contribution in [3.8, 4) is 5.75 Å². The first kappa shape index (κ1) is 12.5. The van der Waals surface area contributed by atoms with Gasteiger partial charge in [-0.1, -0.05) is 17.7 Å². The van der Waals surface area contributed by atoms with E-state index in [1.807, 2.05) is 13.8 Å². The Kier molecular flexibility index (Phi) is 4.26. The zero-order valence-corrected chi connectivity index (χ0v) is 9.92. The molecule has 1 aromatic carbocycles. The van der Waals surface area contributed by atoms with Crippen LogP contribution >= 0.6 is 11.6 Å². The number of nitrogens with zero attached hydrogens (tertiary/aromatic N) is 1. The van der Waals surface area contributed by atoms with E-state index in [2.05, 4.69) is 4.99 Å². The highest BCUT2D eigenvalue weighted by Gasteiger charge is 2.02. The molecule has 0 unspecified atom stereocenters. The van der Waals surface area contributed by atoms with E-state index in [1.165, 1.54) is 12.3 Å². The van der Waals surface area contributed by atoms with Crippen LogP contribution in [0.25, 0.3) is 5.57 Å². The molecular formula is C12H13ClN2O. The summed E-state index contributed by atoms with van der Waals surface area (Å²) in [6.07, 6.45) is 2.78. The summed E-state index contributed by atoms with van der Waals surface area (Å²) in [7, 11) is 0. The van der Waals surface area contributed by atoms with E-state index < -0.39 is 0 Å². The maximum Gasteiger partial charge on any atom is 0.134 e. The summed E-state index contributed by atoms with van der Waals surface area (Å²) in [4.78, 5) is 4.11. The maximum absolute atomic E-state index is 9.45. The summed E-state index contributed by atoms with van der Waals surface area (Å²) in [5.41, 5.74) is 2.23. The Morgan fingerprint density at radius 3 is 2.62 bits per heavy atom. The lowest BCUT2D eigenvalue weighted by Crippen LogP contribution is -1.86. The summed E-state index contributed by atoms with van der Waals surface area (Å²) in [6, 6.07) is 4.84. The number of aromatic hydroxyl groups is 1. The number of phenols is 1. The summed E-state index contributed by atoms with van der Waals surface area (Å²) in [5, 5.41) is 17.0. The molecule has 0 aliphatic rings. The molecule has 1 rings (SSSR count). The second-order valence-electron chi connectivity index (χ2n) is 3.47.